The Morgan fingerprint density at radius 2 is 2.44 bits per heavy atom. The first kappa shape index (κ1) is 6.58. The average molecular weight is 147 g/mol. The van der Waals surface area contributed by atoms with Crippen molar-refractivity contribution in [1.29, 1.82) is 0 Å². The number of aromatic nitrogens is 1. The number of rotatable bonds is 1. The van der Waals surface area contributed by atoms with Crippen molar-refractivity contribution in [3.8, 4) is 0 Å². The topological polar surface area (TPSA) is 52.0 Å². The van der Waals surface area contributed by atoms with Crippen LogP contribution in [0, 0.1) is 6.92 Å². The summed E-state index contributed by atoms with van der Waals surface area (Å²) in [5.41, 5.74) is 5.94. The summed E-state index contributed by atoms with van der Waals surface area (Å²) in [4.78, 5) is 0. The fourth-order valence-corrected chi connectivity index (χ4v) is 0.679. The molecule has 0 atom stereocenters. The summed E-state index contributed by atoms with van der Waals surface area (Å²) in [5.74, 6) is 0.550. The van der Waals surface area contributed by atoms with Gasteiger partial charge >= 0.3 is 0 Å². The quantitative estimate of drug-likeness (QED) is 0.646. The molecule has 4 heteroatoms. The summed E-state index contributed by atoms with van der Waals surface area (Å²) >= 11 is 5.67. The first-order valence-electron chi connectivity index (χ1n) is 2.56. The zero-order valence-corrected chi connectivity index (χ0v) is 5.77. The third kappa shape index (κ3) is 1.06. The van der Waals surface area contributed by atoms with Gasteiger partial charge in [-0.1, -0.05) is 16.8 Å². The average Bonchev–Trinajstić information content (AvgIpc) is 2.15. The van der Waals surface area contributed by atoms with Crippen LogP contribution in [0.3, 0.4) is 0 Å². The monoisotopic (exact) mass is 146 g/mol. The van der Waals surface area contributed by atoms with Gasteiger partial charge in [-0.05, 0) is 6.92 Å². The fraction of sp³-hybridized carbons (Fsp3) is 0.400. The summed E-state index contributed by atoms with van der Waals surface area (Å²) in [6, 6.07) is 0. The van der Waals surface area contributed by atoms with Gasteiger partial charge in [-0.15, -0.1) is 0 Å². The van der Waals surface area contributed by atoms with Crippen LogP contribution in [0.2, 0.25) is 5.02 Å². The van der Waals surface area contributed by atoms with Crippen molar-refractivity contribution in [3.63, 3.8) is 0 Å². The molecule has 1 rings (SSSR count). The Bertz CT molecular complexity index is 209. The van der Waals surface area contributed by atoms with Crippen LogP contribution in [0.5, 0.6) is 0 Å². The smallest absolute Gasteiger partial charge is 0.169 e. The summed E-state index contributed by atoms with van der Waals surface area (Å²) in [5, 5.41) is 4.14. The van der Waals surface area contributed by atoms with Crippen LogP contribution < -0.4 is 5.73 Å². The Kier molecular flexibility index (Phi) is 1.73. The van der Waals surface area contributed by atoms with Crippen LogP contribution in [-0.4, -0.2) is 5.16 Å². The lowest BCUT2D eigenvalue weighted by Gasteiger charge is -1.84. The van der Waals surface area contributed by atoms with Crippen molar-refractivity contribution in [2.75, 3.05) is 0 Å². The molecule has 0 radical (unpaired) electrons. The second-order valence-corrected chi connectivity index (χ2v) is 2.09. The van der Waals surface area contributed by atoms with Gasteiger partial charge in [0.15, 0.2) is 5.76 Å². The highest BCUT2D eigenvalue weighted by Crippen LogP contribution is 2.18. The van der Waals surface area contributed by atoms with Crippen LogP contribution in [-0.2, 0) is 6.54 Å². The maximum atomic E-state index is 5.67. The molecule has 0 aliphatic heterocycles. The molecular formula is C5H7ClN2O. The van der Waals surface area contributed by atoms with Crippen LogP contribution in [0.4, 0.5) is 0 Å². The summed E-state index contributed by atoms with van der Waals surface area (Å²) in [7, 11) is 0. The molecule has 1 aromatic heterocycles. The Morgan fingerprint density at radius 1 is 1.78 bits per heavy atom. The van der Waals surface area contributed by atoms with Gasteiger partial charge < -0.3 is 10.3 Å². The number of nitrogens with zero attached hydrogens (tertiary/aromatic N) is 1. The van der Waals surface area contributed by atoms with Gasteiger partial charge in [0.05, 0.1) is 12.2 Å². The lowest BCUT2D eigenvalue weighted by atomic mass is 10.4. The van der Waals surface area contributed by atoms with Crippen molar-refractivity contribution < 1.29 is 4.52 Å². The van der Waals surface area contributed by atoms with E-state index in [0.29, 0.717) is 23.0 Å². The molecular weight excluding hydrogens is 140 g/mol. The van der Waals surface area contributed by atoms with Gasteiger partial charge in [0.2, 0.25) is 0 Å². The van der Waals surface area contributed by atoms with Crippen molar-refractivity contribution in [1.82, 2.24) is 5.16 Å². The van der Waals surface area contributed by atoms with E-state index in [0.717, 1.165) is 0 Å². The number of halogens is 1. The highest BCUT2D eigenvalue weighted by molar-refractivity contribution is 6.31. The van der Waals surface area contributed by atoms with E-state index in [1.54, 1.807) is 6.92 Å². The Labute approximate surface area is 57.8 Å². The number of hydrogen-bond acceptors (Lipinski definition) is 3. The van der Waals surface area contributed by atoms with Crippen LogP contribution in [0.25, 0.3) is 0 Å². The molecule has 50 valence electrons. The van der Waals surface area contributed by atoms with E-state index < -0.39 is 0 Å². The Hall–Kier alpha value is -0.540. The Balaban J connectivity index is 3.04. The lowest BCUT2D eigenvalue weighted by Crippen LogP contribution is -1.93. The normalized spacial score (nSPS) is 10.1. The SMILES string of the molecule is Cc1noc(CN)c1Cl. The van der Waals surface area contributed by atoms with E-state index in [1.807, 2.05) is 0 Å². The first-order valence-corrected chi connectivity index (χ1v) is 2.94. The van der Waals surface area contributed by atoms with Crippen molar-refractivity contribution in [2.45, 2.75) is 13.5 Å². The van der Waals surface area contributed by atoms with Crippen LogP contribution in [0.15, 0.2) is 4.52 Å². The molecule has 0 spiro atoms. The third-order valence-corrected chi connectivity index (χ3v) is 1.52. The molecule has 2 N–H and O–H groups in total. The summed E-state index contributed by atoms with van der Waals surface area (Å²) in [6.45, 7) is 2.07. The van der Waals surface area contributed by atoms with E-state index in [9.17, 15) is 0 Å². The molecule has 9 heavy (non-hydrogen) atoms. The van der Waals surface area contributed by atoms with E-state index in [-0.39, 0.29) is 0 Å². The molecule has 0 aliphatic carbocycles. The van der Waals surface area contributed by atoms with Crippen LogP contribution >= 0.6 is 11.6 Å². The molecule has 1 aromatic rings. The first-order chi connectivity index (χ1) is 4.25. The lowest BCUT2D eigenvalue weighted by molar-refractivity contribution is 0.381. The highest BCUT2D eigenvalue weighted by Gasteiger charge is 2.06. The number of hydrogen-bond donors (Lipinski definition) is 1. The molecule has 0 saturated carbocycles. The number of aryl methyl sites for hydroxylation is 1. The predicted molar refractivity (Wildman–Crippen MR) is 34.1 cm³/mol. The van der Waals surface area contributed by atoms with Gasteiger partial charge in [-0.3, -0.25) is 0 Å². The molecule has 0 aliphatic rings. The van der Waals surface area contributed by atoms with Gasteiger partial charge in [-0.25, -0.2) is 0 Å². The maximum Gasteiger partial charge on any atom is 0.169 e. The van der Waals surface area contributed by atoms with Gasteiger partial charge in [0.1, 0.15) is 5.02 Å². The summed E-state index contributed by atoms with van der Waals surface area (Å²) in [6.07, 6.45) is 0. The minimum Gasteiger partial charge on any atom is -0.358 e. The third-order valence-electron chi connectivity index (χ3n) is 1.04. The van der Waals surface area contributed by atoms with E-state index >= 15 is 0 Å². The second-order valence-electron chi connectivity index (χ2n) is 1.71. The molecule has 0 aromatic carbocycles. The molecule has 0 unspecified atom stereocenters. The predicted octanol–water partition coefficient (Wildman–Crippen LogP) is 1.10. The van der Waals surface area contributed by atoms with E-state index in [2.05, 4.69) is 5.16 Å². The van der Waals surface area contributed by atoms with E-state index in [1.165, 1.54) is 0 Å². The van der Waals surface area contributed by atoms with Crippen LogP contribution in [0.1, 0.15) is 11.5 Å². The van der Waals surface area contributed by atoms with E-state index in [4.69, 9.17) is 21.9 Å². The van der Waals surface area contributed by atoms with Crippen molar-refractivity contribution in [3.05, 3.63) is 16.5 Å². The van der Waals surface area contributed by atoms with Gasteiger partial charge in [-0.2, -0.15) is 0 Å². The molecule has 0 amide bonds. The molecule has 0 saturated heterocycles. The summed E-state index contributed by atoms with van der Waals surface area (Å²) < 4.78 is 4.74. The Morgan fingerprint density at radius 3 is 2.67 bits per heavy atom. The second kappa shape index (κ2) is 2.37. The zero-order chi connectivity index (χ0) is 6.85. The molecule has 0 fully saturated rings. The zero-order valence-electron chi connectivity index (χ0n) is 5.02. The fourth-order valence-electron chi connectivity index (χ4n) is 0.532. The maximum absolute atomic E-state index is 5.67. The van der Waals surface area contributed by atoms with Gasteiger partial charge in [0.25, 0.3) is 0 Å². The minimum atomic E-state index is 0.305. The standard InChI is InChI=1S/C5H7ClN2O/c1-3-5(6)4(2-7)9-8-3/h2,7H2,1H3. The van der Waals surface area contributed by atoms with Crippen molar-refractivity contribution in [2.24, 2.45) is 5.73 Å². The molecule has 3 nitrogen and oxygen atoms in total. The van der Waals surface area contributed by atoms with Gasteiger partial charge in [0, 0.05) is 0 Å². The minimum absolute atomic E-state index is 0.305. The number of nitrogens with two attached hydrogens (primary N) is 1. The molecule has 0 bridgehead atoms. The molecule has 1 heterocycles. The highest BCUT2D eigenvalue weighted by atomic mass is 35.5. The van der Waals surface area contributed by atoms with Crippen molar-refractivity contribution >= 4 is 11.6 Å². The largest absolute Gasteiger partial charge is 0.358 e.